The van der Waals surface area contributed by atoms with Crippen molar-refractivity contribution >= 4 is 22.1 Å². The van der Waals surface area contributed by atoms with Crippen LogP contribution in [-0.4, -0.2) is 45.5 Å². The third-order valence-corrected chi connectivity index (χ3v) is 4.38. The predicted molar refractivity (Wildman–Crippen MR) is 82.3 cm³/mol. The van der Waals surface area contributed by atoms with Crippen LogP contribution >= 0.6 is 0 Å². The Balaban J connectivity index is 3.46. The molecule has 26 heavy (non-hydrogen) atoms. The highest BCUT2D eigenvalue weighted by Gasteiger charge is 2.65. The van der Waals surface area contributed by atoms with Crippen molar-refractivity contribution in [3.8, 4) is 0 Å². The molecule has 0 radical (unpaired) electrons. The summed E-state index contributed by atoms with van der Waals surface area (Å²) in [7, 11) is -4.87. The van der Waals surface area contributed by atoms with Crippen LogP contribution in [0.2, 0.25) is 0 Å². The van der Waals surface area contributed by atoms with Crippen LogP contribution in [0.4, 0.5) is 18.0 Å². The minimum absolute atomic E-state index is 0.311. The van der Waals surface area contributed by atoms with Crippen LogP contribution in [0.1, 0.15) is 13.8 Å². The minimum Gasteiger partial charge on any atom is -0.463 e. The molecule has 0 heterocycles. The Kier molecular flexibility index (Phi) is 6.98. The van der Waals surface area contributed by atoms with Gasteiger partial charge < -0.3 is 9.47 Å². The largest absolute Gasteiger partial charge is 0.463 e. The summed E-state index contributed by atoms with van der Waals surface area (Å²) in [5.41, 5.74) is -4.07. The molecule has 0 aliphatic rings. The first-order valence-corrected chi connectivity index (χ1v) is 8.76. The lowest BCUT2D eigenvalue weighted by molar-refractivity contribution is -0.214. The van der Waals surface area contributed by atoms with E-state index in [2.05, 4.69) is 9.47 Å². The molecule has 1 atom stereocenters. The molecule has 0 aliphatic heterocycles. The van der Waals surface area contributed by atoms with Gasteiger partial charge in [-0.3, -0.25) is 5.32 Å². The summed E-state index contributed by atoms with van der Waals surface area (Å²) >= 11 is 0. The standard InChI is InChI=1S/C14H17F3N2O6S/c1-3-24-11(20)13(14(15,16)17,18-12(21)25-4-2)19-26(22,23)10-8-6-5-7-9-10/h5-9,19H,3-4H2,1-2H3,(H,18,21). The molecule has 0 spiro atoms. The van der Waals surface area contributed by atoms with Gasteiger partial charge in [-0.05, 0) is 26.0 Å². The molecule has 0 aromatic heterocycles. The van der Waals surface area contributed by atoms with E-state index in [0.29, 0.717) is 0 Å². The number of alkyl halides is 3. The Morgan fingerprint density at radius 2 is 1.58 bits per heavy atom. The highest BCUT2D eigenvalue weighted by atomic mass is 32.2. The molecule has 8 nitrogen and oxygen atoms in total. The van der Waals surface area contributed by atoms with E-state index < -0.39 is 45.4 Å². The van der Waals surface area contributed by atoms with Crippen LogP contribution in [0.15, 0.2) is 35.2 Å². The average molecular weight is 398 g/mol. The monoisotopic (exact) mass is 398 g/mol. The molecule has 0 saturated carbocycles. The van der Waals surface area contributed by atoms with Crippen molar-refractivity contribution in [1.29, 1.82) is 0 Å². The lowest BCUT2D eigenvalue weighted by Crippen LogP contribution is -2.73. The molecule has 1 amide bonds. The number of hydrogen-bond donors (Lipinski definition) is 2. The number of hydrogen-bond acceptors (Lipinski definition) is 6. The summed E-state index contributed by atoms with van der Waals surface area (Å²) in [6.07, 6.45) is -7.23. The summed E-state index contributed by atoms with van der Waals surface area (Å²) < 4.78 is 75.6. The fourth-order valence-corrected chi connectivity index (χ4v) is 3.07. The van der Waals surface area contributed by atoms with Gasteiger partial charge >= 0.3 is 23.9 Å². The van der Waals surface area contributed by atoms with E-state index in [4.69, 9.17) is 0 Å². The number of benzene rings is 1. The van der Waals surface area contributed by atoms with Gasteiger partial charge in [0.1, 0.15) is 0 Å². The quantitative estimate of drug-likeness (QED) is 0.532. The molecule has 0 bridgehead atoms. The molecule has 1 aromatic rings. The number of carbonyl (C=O) groups is 2. The van der Waals surface area contributed by atoms with Crippen LogP contribution in [0.5, 0.6) is 0 Å². The second kappa shape index (κ2) is 8.36. The van der Waals surface area contributed by atoms with E-state index in [0.717, 1.165) is 12.1 Å². The normalized spacial score (nSPS) is 14.2. The van der Waals surface area contributed by atoms with Crippen molar-refractivity contribution < 1.29 is 40.7 Å². The van der Waals surface area contributed by atoms with E-state index in [-0.39, 0.29) is 6.61 Å². The summed E-state index contributed by atoms with van der Waals surface area (Å²) in [5.74, 6) is -2.06. The number of amides is 1. The van der Waals surface area contributed by atoms with Gasteiger partial charge in [0, 0.05) is 0 Å². The van der Waals surface area contributed by atoms with Crippen molar-refractivity contribution in [2.45, 2.75) is 30.6 Å². The Labute approximate surface area is 147 Å². The smallest absolute Gasteiger partial charge is 0.437 e. The van der Waals surface area contributed by atoms with Crippen molar-refractivity contribution in [3.05, 3.63) is 30.3 Å². The maximum atomic E-state index is 13.7. The Morgan fingerprint density at radius 1 is 1.04 bits per heavy atom. The van der Waals surface area contributed by atoms with Gasteiger partial charge in [0.2, 0.25) is 10.0 Å². The lowest BCUT2D eigenvalue weighted by atomic mass is 10.2. The highest BCUT2D eigenvalue weighted by Crippen LogP contribution is 2.31. The zero-order chi connectivity index (χ0) is 20.0. The van der Waals surface area contributed by atoms with Crippen molar-refractivity contribution in [1.82, 2.24) is 10.0 Å². The molecule has 2 N–H and O–H groups in total. The van der Waals surface area contributed by atoms with Gasteiger partial charge in [-0.1, -0.05) is 18.2 Å². The molecular formula is C14H17F3N2O6S. The number of rotatable bonds is 7. The fourth-order valence-electron chi connectivity index (χ4n) is 1.78. The number of ether oxygens (including phenoxy) is 2. The summed E-state index contributed by atoms with van der Waals surface area (Å²) in [6.45, 7) is 1.73. The summed E-state index contributed by atoms with van der Waals surface area (Å²) in [4.78, 5) is 23.0. The SMILES string of the molecule is CCOC(=O)NC(NS(=O)(=O)c1ccccc1)(C(=O)OCC)C(F)(F)F. The van der Waals surface area contributed by atoms with Crippen LogP contribution < -0.4 is 10.0 Å². The van der Waals surface area contributed by atoms with Crippen molar-refractivity contribution in [2.24, 2.45) is 0 Å². The van der Waals surface area contributed by atoms with Crippen LogP contribution in [0.3, 0.4) is 0 Å². The first-order valence-electron chi connectivity index (χ1n) is 7.28. The van der Waals surface area contributed by atoms with Crippen molar-refractivity contribution in [2.75, 3.05) is 13.2 Å². The van der Waals surface area contributed by atoms with Gasteiger partial charge in [0.15, 0.2) is 0 Å². The number of alkyl carbamates (subject to hydrolysis) is 1. The summed E-state index contributed by atoms with van der Waals surface area (Å²) in [6, 6.07) is 6.01. The zero-order valence-corrected chi connectivity index (χ0v) is 14.6. The number of halogens is 3. The minimum atomic E-state index is -5.58. The van der Waals surface area contributed by atoms with E-state index >= 15 is 0 Å². The van der Waals surface area contributed by atoms with Gasteiger partial charge in [0.25, 0.3) is 0 Å². The summed E-state index contributed by atoms with van der Waals surface area (Å²) in [5, 5.41) is 1.23. The number of carbonyl (C=O) groups excluding carboxylic acids is 2. The molecule has 0 fully saturated rings. The molecule has 146 valence electrons. The molecule has 0 saturated heterocycles. The number of sulfonamides is 1. The number of esters is 1. The first-order chi connectivity index (χ1) is 12.0. The fraction of sp³-hybridized carbons (Fsp3) is 0.429. The van der Waals surface area contributed by atoms with Crippen LogP contribution in [0, 0.1) is 0 Å². The van der Waals surface area contributed by atoms with E-state index in [1.165, 1.54) is 42.1 Å². The Hall–Kier alpha value is -2.34. The maximum absolute atomic E-state index is 13.7. The first kappa shape index (κ1) is 21.7. The second-order valence-corrected chi connectivity index (χ2v) is 6.41. The van der Waals surface area contributed by atoms with Crippen molar-refractivity contribution in [3.63, 3.8) is 0 Å². The van der Waals surface area contributed by atoms with Gasteiger partial charge in [-0.2, -0.15) is 17.9 Å². The van der Waals surface area contributed by atoms with Crippen LogP contribution in [0.25, 0.3) is 0 Å². The molecule has 1 unspecified atom stereocenters. The Bertz CT molecular complexity index is 739. The van der Waals surface area contributed by atoms with Gasteiger partial charge in [0.05, 0.1) is 18.1 Å². The Morgan fingerprint density at radius 3 is 2.04 bits per heavy atom. The van der Waals surface area contributed by atoms with Crippen LogP contribution in [-0.2, 0) is 24.3 Å². The zero-order valence-electron chi connectivity index (χ0n) is 13.8. The van der Waals surface area contributed by atoms with Gasteiger partial charge in [-0.25, -0.2) is 18.0 Å². The third kappa shape index (κ3) is 4.85. The lowest BCUT2D eigenvalue weighted by Gasteiger charge is -2.33. The maximum Gasteiger partial charge on any atom is 0.437 e. The topological polar surface area (TPSA) is 111 Å². The highest BCUT2D eigenvalue weighted by molar-refractivity contribution is 7.89. The molecular weight excluding hydrogens is 381 g/mol. The predicted octanol–water partition coefficient (Wildman–Crippen LogP) is 1.53. The molecule has 1 aromatic carbocycles. The van der Waals surface area contributed by atoms with E-state index in [9.17, 15) is 31.2 Å². The molecule has 12 heteroatoms. The second-order valence-electron chi connectivity index (χ2n) is 4.73. The number of nitrogens with one attached hydrogen (secondary N) is 2. The molecule has 0 aliphatic carbocycles. The third-order valence-electron chi connectivity index (χ3n) is 2.91. The molecule has 1 rings (SSSR count). The van der Waals surface area contributed by atoms with Gasteiger partial charge in [-0.15, -0.1) is 0 Å². The average Bonchev–Trinajstić information content (AvgIpc) is 2.54. The van der Waals surface area contributed by atoms with E-state index in [1.807, 2.05) is 0 Å². The van der Waals surface area contributed by atoms with E-state index in [1.54, 1.807) is 0 Å².